The molecule has 0 atom stereocenters. The summed E-state index contributed by atoms with van der Waals surface area (Å²) in [7, 11) is 0. The number of rotatable bonds is 7. The molecule has 0 aliphatic heterocycles. The minimum absolute atomic E-state index is 0.197. The Bertz CT molecular complexity index is 413. The Morgan fingerprint density at radius 3 is 2.63 bits per heavy atom. The van der Waals surface area contributed by atoms with Gasteiger partial charge in [-0.05, 0) is 56.9 Å². The van der Waals surface area contributed by atoms with Gasteiger partial charge in [-0.15, -0.1) is 0 Å². The summed E-state index contributed by atoms with van der Waals surface area (Å²) in [5, 5.41) is 12.7. The van der Waals surface area contributed by atoms with Crippen LogP contribution in [-0.2, 0) is 6.54 Å². The molecule has 0 bridgehead atoms. The Hall–Kier alpha value is -1.06. The lowest BCUT2D eigenvalue weighted by atomic mass is 10.1. The Kier molecular flexibility index (Phi) is 4.83. The first-order chi connectivity index (χ1) is 9.11. The molecule has 1 fully saturated rings. The van der Waals surface area contributed by atoms with E-state index in [1.165, 1.54) is 29.7 Å². The monoisotopic (exact) mass is 262 g/mol. The Balaban J connectivity index is 2.06. The number of hydrogen-bond donors (Lipinski definition) is 2. The van der Waals surface area contributed by atoms with Crippen molar-refractivity contribution in [3.8, 4) is 0 Å². The number of nitrogens with one attached hydrogen (secondary N) is 1. The fourth-order valence-corrected chi connectivity index (χ4v) is 2.39. The summed E-state index contributed by atoms with van der Waals surface area (Å²) in [5.41, 5.74) is 3.91. The van der Waals surface area contributed by atoms with Crippen molar-refractivity contribution < 1.29 is 5.11 Å². The van der Waals surface area contributed by atoms with Crippen molar-refractivity contribution in [2.45, 2.75) is 52.2 Å². The Morgan fingerprint density at radius 1 is 1.37 bits per heavy atom. The van der Waals surface area contributed by atoms with Crippen molar-refractivity contribution in [2.24, 2.45) is 0 Å². The van der Waals surface area contributed by atoms with Gasteiger partial charge in [0.2, 0.25) is 0 Å². The van der Waals surface area contributed by atoms with Crippen molar-refractivity contribution in [3.63, 3.8) is 0 Å². The van der Waals surface area contributed by atoms with E-state index in [-0.39, 0.29) is 6.61 Å². The highest BCUT2D eigenvalue weighted by molar-refractivity contribution is 5.51. The minimum Gasteiger partial charge on any atom is -0.395 e. The van der Waals surface area contributed by atoms with Gasteiger partial charge in [0, 0.05) is 30.9 Å². The average molecular weight is 262 g/mol. The van der Waals surface area contributed by atoms with E-state index >= 15 is 0 Å². The van der Waals surface area contributed by atoms with E-state index in [0.29, 0.717) is 12.6 Å². The molecule has 0 radical (unpaired) electrons. The van der Waals surface area contributed by atoms with Gasteiger partial charge in [-0.3, -0.25) is 0 Å². The van der Waals surface area contributed by atoms with Gasteiger partial charge >= 0.3 is 0 Å². The van der Waals surface area contributed by atoms with E-state index in [2.05, 4.69) is 49.2 Å². The van der Waals surface area contributed by atoms with E-state index in [1.54, 1.807) is 0 Å². The average Bonchev–Trinajstić information content (AvgIpc) is 3.18. The molecule has 0 saturated heterocycles. The van der Waals surface area contributed by atoms with Crippen LogP contribution in [0.3, 0.4) is 0 Å². The summed E-state index contributed by atoms with van der Waals surface area (Å²) in [6.07, 6.45) is 2.66. The molecule has 0 heterocycles. The van der Waals surface area contributed by atoms with Crippen molar-refractivity contribution in [3.05, 3.63) is 29.3 Å². The summed E-state index contributed by atoms with van der Waals surface area (Å²) < 4.78 is 0. The number of nitrogens with zero attached hydrogens (tertiary/aromatic N) is 1. The van der Waals surface area contributed by atoms with Crippen LogP contribution >= 0.6 is 0 Å². The topological polar surface area (TPSA) is 35.5 Å². The second-order valence-electron chi connectivity index (χ2n) is 5.78. The molecule has 3 nitrogen and oxygen atoms in total. The maximum atomic E-state index is 9.17. The van der Waals surface area contributed by atoms with Crippen LogP contribution in [-0.4, -0.2) is 30.3 Å². The van der Waals surface area contributed by atoms with Crippen LogP contribution < -0.4 is 10.2 Å². The van der Waals surface area contributed by atoms with Crippen molar-refractivity contribution >= 4 is 5.69 Å². The molecule has 0 spiro atoms. The van der Waals surface area contributed by atoms with Gasteiger partial charge in [-0.2, -0.15) is 0 Å². The summed E-state index contributed by atoms with van der Waals surface area (Å²) in [6.45, 7) is 8.35. The van der Waals surface area contributed by atoms with Crippen LogP contribution in [0.1, 0.15) is 37.8 Å². The lowest BCUT2D eigenvalue weighted by Gasteiger charge is -2.29. The van der Waals surface area contributed by atoms with Crippen molar-refractivity contribution in [1.29, 1.82) is 0 Å². The lowest BCUT2D eigenvalue weighted by Crippen LogP contribution is -2.33. The third-order valence-electron chi connectivity index (χ3n) is 3.78. The van der Waals surface area contributed by atoms with Gasteiger partial charge in [0.05, 0.1) is 6.61 Å². The second kappa shape index (κ2) is 6.40. The SMILES string of the molecule is Cc1cc(N(CCO)C(C)C)ccc1CNC1CC1. The lowest BCUT2D eigenvalue weighted by molar-refractivity contribution is 0.299. The summed E-state index contributed by atoms with van der Waals surface area (Å²) in [4.78, 5) is 2.24. The highest BCUT2D eigenvalue weighted by atomic mass is 16.3. The molecule has 1 aromatic rings. The molecule has 3 heteroatoms. The molecule has 1 aromatic carbocycles. The molecule has 2 rings (SSSR count). The van der Waals surface area contributed by atoms with Gasteiger partial charge in [-0.1, -0.05) is 6.07 Å². The number of benzene rings is 1. The third kappa shape index (κ3) is 3.95. The molecule has 1 aliphatic rings. The third-order valence-corrected chi connectivity index (χ3v) is 3.78. The zero-order valence-corrected chi connectivity index (χ0v) is 12.3. The van der Waals surface area contributed by atoms with Crippen LogP contribution in [0.15, 0.2) is 18.2 Å². The smallest absolute Gasteiger partial charge is 0.0606 e. The predicted molar refractivity (Wildman–Crippen MR) is 80.6 cm³/mol. The summed E-state index contributed by atoms with van der Waals surface area (Å²) >= 11 is 0. The summed E-state index contributed by atoms with van der Waals surface area (Å²) in [5.74, 6) is 0. The minimum atomic E-state index is 0.197. The van der Waals surface area contributed by atoms with E-state index in [0.717, 1.165) is 12.6 Å². The number of aryl methyl sites for hydroxylation is 1. The Morgan fingerprint density at radius 2 is 2.11 bits per heavy atom. The predicted octanol–water partition coefficient (Wildman–Crippen LogP) is 2.45. The van der Waals surface area contributed by atoms with E-state index in [9.17, 15) is 5.11 Å². The number of aliphatic hydroxyl groups is 1. The van der Waals surface area contributed by atoms with Gasteiger partial charge in [0.1, 0.15) is 0 Å². The molecular formula is C16H26N2O. The number of hydrogen-bond acceptors (Lipinski definition) is 3. The van der Waals surface area contributed by atoms with Crippen molar-refractivity contribution in [2.75, 3.05) is 18.1 Å². The van der Waals surface area contributed by atoms with Gasteiger partial charge in [-0.25, -0.2) is 0 Å². The second-order valence-corrected chi connectivity index (χ2v) is 5.78. The first-order valence-corrected chi connectivity index (χ1v) is 7.32. The van der Waals surface area contributed by atoms with Crippen LogP contribution in [0, 0.1) is 6.92 Å². The molecule has 0 aromatic heterocycles. The van der Waals surface area contributed by atoms with E-state index in [4.69, 9.17) is 0 Å². The zero-order valence-electron chi connectivity index (χ0n) is 12.3. The molecular weight excluding hydrogens is 236 g/mol. The number of aliphatic hydroxyl groups excluding tert-OH is 1. The number of anilines is 1. The van der Waals surface area contributed by atoms with Gasteiger partial charge in [0.25, 0.3) is 0 Å². The highest BCUT2D eigenvalue weighted by Crippen LogP contribution is 2.23. The molecule has 1 aliphatic carbocycles. The van der Waals surface area contributed by atoms with Crippen molar-refractivity contribution in [1.82, 2.24) is 5.32 Å². The van der Waals surface area contributed by atoms with E-state index < -0.39 is 0 Å². The van der Waals surface area contributed by atoms with Crippen LogP contribution in [0.4, 0.5) is 5.69 Å². The fourth-order valence-electron chi connectivity index (χ4n) is 2.39. The largest absolute Gasteiger partial charge is 0.395 e. The molecule has 19 heavy (non-hydrogen) atoms. The quantitative estimate of drug-likeness (QED) is 0.792. The molecule has 1 saturated carbocycles. The zero-order chi connectivity index (χ0) is 13.8. The van der Waals surface area contributed by atoms with E-state index in [1.807, 2.05) is 0 Å². The molecule has 2 N–H and O–H groups in total. The first-order valence-electron chi connectivity index (χ1n) is 7.32. The Labute approximate surface area is 116 Å². The van der Waals surface area contributed by atoms with Gasteiger partial charge < -0.3 is 15.3 Å². The fraction of sp³-hybridized carbons (Fsp3) is 0.625. The van der Waals surface area contributed by atoms with Crippen LogP contribution in [0.2, 0.25) is 0 Å². The maximum absolute atomic E-state index is 9.17. The first kappa shape index (κ1) is 14.4. The normalized spacial score (nSPS) is 15.0. The van der Waals surface area contributed by atoms with Gasteiger partial charge in [0.15, 0.2) is 0 Å². The van der Waals surface area contributed by atoms with Crippen LogP contribution in [0.25, 0.3) is 0 Å². The molecule has 0 amide bonds. The van der Waals surface area contributed by atoms with Crippen LogP contribution in [0.5, 0.6) is 0 Å². The summed E-state index contributed by atoms with van der Waals surface area (Å²) in [6, 6.07) is 7.78. The highest BCUT2D eigenvalue weighted by Gasteiger charge is 2.20. The molecule has 0 unspecified atom stereocenters. The molecule has 106 valence electrons. The maximum Gasteiger partial charge on any atom is 0.0606 e. The standard InChI is InChI=1S/C16H26N2O/c1-12(2)18(8-9-19)16-7-4-14(13(3)10-16)11-17-15-5-6-15/h4,7,10,12,15,17,19H,5-6,8-9,11H2,1-3H3.